The molecule has 0 radical (unpaired) electrons. The standard InChI is InChI=1S/C11H16SSi/c1-13(2,3)10-5-4-7-11-8-6-9-12-11/h6,8-9H,4,7H2,1-3H3. The highest BCUT2D eigenvalue weighted by molar-refractivity contribution is 7.09. The molecule has 2 heteroatoms. The van der Waals surface area contributed by atoms with Crippen LogP contribution in [0, 0.1) is 11.5 Å². The summed E-state index contributed by atoms with van der Waals surface area (Å²) < 4.78 is 0. The zero-order valence-electron chi connectivity index (χ0n) is 8.55. The van der Waals surface area contributed by atoms with Gasteiger partial charge in [0.25, 0.3) is 0 Å². The lowest BCUT2D eigenvalue weighted by Crippen LogP contribution is -2.16. The quantitative estimate of drug-likeness (QED) is 0.515. The van der Waals surface area contributed by atoms with Crippen LogP contribution in [0.25, 0.3) is 0 Å². The van der Waals surface area contributed by atoms with Crippen molar-refractivity contribution >= 4 is 19.4 Å². The molecule has 0 bridgehead atoms. The smallest absolute Gasteiger partial charge is 0.129 e. The van der Waals surface area contributed by atoms with Crippen molar-refractivity contribution in [3.05, 3.63) is 22.4 Å². The molecule has 1 heterocycles. The fraction of sp³-hybridized carbons (Fsp3) is 0.455. The molecule has 1 rings (SSSR count). The topological polar surface area (TPSA) is 0 Å². The van der Waals surface area contributed by atoms with Crippen LogP contribution in [0.5, 0.6) is 0 Å². The maximum Gasteiger partial charge on any atom is 0.129 e. The third-order valence-corrected chi connectivity index (χ3v) is 3.40. The predicted molar refractivity (Wildman–Crippen MR) is 63.8 cm³/mol. The molecule has 0 N–H and O–H groups in total. The van der Waals surface area contributed by atoms with E-state index in [1.165, 1.54) is 4.88 Å². The van der Waals surface area contributed by atoms with Gasteiger partial charge in [-0.2, -0.15) is 0 Å². The van der Waals surface area contributed by atoms with Gasteiger partial charge in [0, 0.05) is 11.3 Å². The van der Waals surface area contributed by atoms with Crippen molar-refractivity contribution in [2.24, 2.45) is 0 Å². The van der Waals surface area contributed by atoms with Crippen molar-refractivity contribution in [1.82, 2.24) is 0 Å². The van der Waals surface area contributed by atoms with E-state index in [1.54, 1.807) is 0 Å². The molecule has 70 valence electrons. The molecule has 0 fully saturated rings. The van der Waals surface area contributed by atoms with Crippen LogP contribution in [0.1, 0.15) is 11.3 Å². The van der Waals surface area contributed by atoms with Crippen LogP contribution in [0.2, 0.25) is 19.6 Å². The van der Waals surface area contributed by atoms with Crippen molar-refractivity contribution < 1.29 is 0 Å². The van der Waals surface area contributed by atoms with Gasteiger partial charge < -0.3 is 0 Å². The van der Waals surface area contributed by atoms with Gasteiger partial charge in [0.15, 0.2) is 0 Å². The predicted octanol–water partition coefficient (Wildman–Crippen LogP) is 3.56. The highest BCUT2D eigenvalue weighted by Crippen LogP contribution is 2.10. The van der Waals surface area contributed by atoms with Crippen molar-refractivity contribution in [2.75, 3.05) is 0 Å². The Bertz CT molecular complexity index is 295. The van der Waals surface area contributed by atoms with E-state index < -0.39 is 8.07 Å². The van der Waals surface area contributed by atoms with Crippen LogP contribution in [0.15, 0.2) is 17.5 Å². The van der Waals surface area contributed by atoms with E-state index in [0.717, 1.165) is 12.8 Å². The summed E-state index contributed by atoms with van der Waals surface area (Å²) in [5.74, 6) is 3.28. The van der Waals surface area contributed by atoms with Crippen LogP contribution < -0.4 is 0 Å². The number of rotatable bonds is 2. The van der Waals surface area contributed by atoms with Gasteiger partial charge in [-0.3, -0.25) is 0 Å². The Kier molecular flexibility index (Phi) is 3.77. The zero-order valence-corrected chi connectivity index (χ0v) is 10.4. The Hall–Kier alpha value is -0.523. The van der Waals surface area contributed by atoms with Crippen molar-refractivity contribution in [3.8, 4) is 11.5 Å². The normalized spacial score (nSPS) is 10.7. The molecule has 0 saturated heterocycles. The second-order valence-electron chi connectivity index (χ2n) is 4.13. The van der Waals surface area contributed by atoms with E-state index in [4.69, 9.17) is 0 Å². The lowest BCUT2D eigenvalue weighted by atomic mass is 10.3. The summed E-state index contributed by atoms with van der Waals surface area (Å²) in [5.41, 5.74) is 3.38. The molecule has 0 unspecified atom stereocenters. The van der Waals surface area contributed by atoms with E-state index >= 15 is 0 Å². The number of hydrogen-bond acceptors (Lipinski definition) is 1. The summed E-state index contributed by atoms with van der Waals surface area (Å²) in [6, 6.07) is 4.28. The van der Waals surface area contributed by atoms with E-state index in [-0.39, 0.29) is 0 Å². The molecule has 0 spiro atoms. The molecular weight excluding hydrogens is 192 g/mol. The number of aryl methyl sites for hydroxylation is 1. The zero-order chi connectivity index (χ0) is 9.73. The van der Waals surface area contributed by atoms with Gasteiger partial charge in [-0.05, 0) is 17.9 Å². The van der Waals surface area contributed by atoms with Crippen LogP contribution >= 0.6 is 11.3 Å². The molecule has 13 heavy (non-hydrogen) atoms. The number of hydrogen-bond donors (Lipinski definition) is 0. The second-order valence-corrected chi connectivity index (χ2v) is 9.91. The van der Waals surface area contributed by atoms with Gasteiger partial charge in [0.05, 0.1) is 0 Å². The molecular formula is C11H16SSi. The average Bonchev–Trinajstić information content (AvgIpc) is 2.48. The Labute approximate surface area is 86.0 Å². The summed E-state index contributed by atoms with van der Waals surface area (Å²) in [4.78, 5) is 1.45. The average molecular weight is 208 g/mol. The minimum absolute atomic E-state index is 1.02. The molecule has 0 aliphatic rings. The van der Waals surface area contributed by atoms with Crippen molar-refractivity contribution in [3.63, 3.8) is 0 Å². The van der Waals surface area contributed by atoms with Crippen LogP contribution in [0.4, 0.5) is 0 Å². The SMILES string of the molecule is C[Si](C)(C)C#CCCc1cccs1. The maximum absolute atomic E-state index is 3.38. The Balaban J connectivity index is 2.32. The summed E-state index contributed by atoms with van der Waals surface area (Å²) in [7, 11) is -1.14. The van der Waals surface area contributed by atoms with Gasteiger partial charge in [0.1, 0.15) is 8.07 Å². The molecule has 0 aromatic carbocycles. The highest BCUT2D eigenvalue weighted by Gasteiger charge is 2.06. The van der Waals surface area contributed by atoms with Crippen LogP contribution in [0.3, 0.4) is 0 Å². The maximum atomic E-state index is 3.38. The first-order chi connectivity index (χ1) is 6.08. The molecule has 0 aliphatic carbocycles. The van der Waals surface area contributed by atoms with Crippen LogP contribution in [-0.2, 0) is 6.42 Å². The molecule has 0 nitrogen and oxygen atoms in total. The van der Waals surface area contributed by atoms with Gasteiger partial charge in [-0.15, -0.1) is 22.8 Å². The first-order valence-corrected chi connectivity index (χ1v) is 8.98. The fourth-order valence-corrected chi connectivity index (χ4v) is 2.33. The lowest BCUT2D eigenvalue weighted by molar-refractivity contribution is 1.06. The van der Waals surface area contributed by atoms with Crippen molar-refractivity contribution in [1.29, 1.82) is 0 Å². The van der Waals surface area contributed by atoms with Gasteiger partial charge in [0.2, 0.25) is 0 Å². The summed E-state index contributed by atoms with van der Waals surface area (Å²) >= 11 is 1.82. The highest BCUT2D eigenvalue weighted by atomic mass is 32.1. The third-order valence-electron chi connectivity index (χ3n) is 1.54. The third kappa shape index (κ3) is 4.92. The largest absolute Gasteiger partial charge is 0.149 e. The van der Waals surface area contributed by atoms with E-state index in [0.29, 0.717) is 0 Å². The van der Waals surface area contributed by atoms with Gasteiger partial charge in [-0.25, -0.2) is 0 Å². The molecule has 0 amide bonds. The summed E-state index contributed by atoms with van der Waals surface area (Å²) in [6.45, 7) is 6.85. The van der Waals surface area contributed by atoms with Crippen molar-refractivity contribution in [2.45, 2.75) is 32.5 Å². The van der Waals surface area contributed by atoms with Crippen LogP contribution in [-0.4, -0.2) is 8.07 Å². The number of thiophene rings is 1. The van der Waals surface area contributed by atoms with Gasteiger partial charge >= 0.3 is 0 Å². The lowest BCUT2D eigenvalue weighted by Gasteiger charge is -2.02. The molecule has 0 aliphatic heterocycles. The minimum Gasteiger partial charge on any atom is -0.149 e. The minimum atomic E-state index is -1.14. The summed E-state index contributed by atoms with van der Waals surface area (Å²) in [5, 5.41) is 2.13. The Morgan fingerprint density at radius 1 is 1.38 bits per heavy atom. The summed E-state index contributed by atoms with van der Waals surface area (Å²) in [6.07, 6.45) is 2.14. The monoisotopic (exact) mass is 208 g/mol. The second kappa shape index (κ2) is 4.64. The molecule has 0 saturated carbocycles. The Morgan fingerprint density at radius 2 is 2.15 bits per heavy atom. The molecule has 1 aromatic rings. The van der Waals surface area contributed by atoms with E-state index in [2.05, 4.69) is 48.6 Å². The fourth-order valence-electron chi connectivity index (χ4n) is 0.968. The van der Waals surface area contributed by atoms with E-state index in [1.807, 2.05) is 11.3 Å². The molecule has 0 atom stereocenters. The first kappa shape index (κ1) is 10.6. The van der Waals surface area contributed by atoms with E-state index in [9.17, 15) is 0 Å². The molecule has 1 aromatic heterocycles. The first-order valence-electron chi connectivity index (χ1n) is 4.60. The van der Waals surface area contributed by atoms with Gasteiger partial charge in [-0.1, -0.05) is 25.7 Å². The Morgan fingerprint density at radius 3 is 2.69 bits per heavy atom.